The molecule has 7 heteroatoms. The van der Waals surface area contributed by atoms with E-state index in [1.807, 2.05) is 43.0 Å². The number of para-hydroxylation sites is 1. The number of carbonyl (C=O) groups excluding carboxylic acids is 1. The van der Waals surface area contributed by atoms with Crippen LogP contribution in [0.4, 0.5) is 5.95 Å². The molecule has 0 saturated carbocycles. The number of piperazine rings is 1. The average molecular weight is 366 g/mol. The molecular weight excluding hydrogens is 340 g/mol. The van der Waals surface area contributed by atoms with Gasteiger partial charge in [0.2, 0.25) is 11.9 Å². The Labute approximate surface area is 159 Å². The number of nitrogens with zero attached hydrogens (tertiary/aromatic N) is 6. The lowest BCUT2D eigenvalue weighted by atomic mass is 10.1. The maximum Gasteiger partial charge on any atom is 0.225 e. The van der Waals surface area contributed by atoms with Gasteiger partial charge in [-0.1, -0.05) is 39.8 Å². The van der Waals surface area contributed by atoms with Crippen molar-refractivity contribution in [3.63, 3.8) is 0 Å². The highest BCUT2D eigenvalue weighted by Crippen LogP contribution is 2.27. The predicted molar refractivity (Wildman–Crippen MR) is 106 cm³/mol. The topological polar surface area (TPSA) is 66.6 Å². The van der Waals surface area contributed by atoms with E-state index < -0.39 is 0 Å². The zero-order valence-corrected chi connectivity index (χ0v) is 16.4. The Bertz CT molecular complexity index is 985. The third-order valence-corrected chi connectivity index (χ3v) is 5.14. The van der Waals surface area contributed by atoms with E-state index in [-0.39, 0.29) is 17.7 Å². The minimum atomic E-state index is 0.0347. The molecule has 3 aromatic rings. The Morgan fingerprint density at radius 2 is 1.70 bits per heavy atom. The molecule has 27 heavy (non-hydrogen) atoms. The average Bonchev–Trinajstić information content (AvgIpc) is 3.12. The monoisotopic (exact) mass is 366 g/mol. The molecule has 1 fully saturated rings. The van der Waals surface area contributed by atoms with E-state index >= 15 is 0 Å². The summed E-state index contributed by atoms with van der Waals surface area (Å²) < 4.78 is 2.09. The van der Waals surface area contributed by atoms with Crippen molar-refractivity contribution < 1.29 is 4.79 Å². The Hall–Kier alpha value is -2.70. The summed E-state index contributed by atoms with van der Waals surface area (Å²) in [4.78, 5) is 21.5. The van der Waals surface area contributed by atoms with Gasteiger partial charge < -0.3 is 9.80 Å². The van der Waals surface area contributed by atoms with Gasteiger partial charge in [0.15, 0.2) is 5.65 Å². The van der Waals surface area contributed by atoms with Crippen molar-refractivity contribution in [3.8, 4) is 0 Å². The summed E-state index contributed by atoms with van der Waals surface area (Å²) in [5, 5.41) is 9.93. The fourth-order valence-corrected chi connectivity index (χ4v) is 3.66. The summed E-state index contributed by atoms with van der Waals surface area (Å²) in [6.45, 7) is 11.1. The van der Waals surface area contributed by atoms with Gasteiger partial charge in [0.05, 0.1) is 5.52 Å². The third kappa shape index (κ3) is 3.01. The summed E-state index contributed by atoms with van der Waals surface area (Å²) in [7, 11) is 0. The van der Waals surface area contributed by atoms with Gasteiger partial charge in [-0.25, -0.2) is 9.38 Å². The maximum atomic E-state index is 12.3. The molecule has 142 valence electrons. The van der Waals surface area contributed by atoms with Crippen molar-refractivity contribution >= 4 is 28.4 Å². The quantitative estimate of drug-likeness (QED) is 0.713. The first-order valence-electron chi connectivity index (χ1n) is 9.65. The number of rotatable bonds is 3. The van der Waals surface area contributed by atoms with Crippen molar-refractivity contribution in [2.24, 2.45) is 5.92 Å². The maximum absolute atomic E-state index is 12.3. The number of anilines is 1. The first-order valence-corrected chi connectivity index (χ1v) is 9.65. The van der Waals surface area contributed by atoms with E-state index in [1.165, 1.54) is 0 Å². The van der Waals surface area contributed by atoms with Crippen molar-refractivity contribution in [2.75, 3.05) is 31.1 Å². The van der Waals surface area contributed by atoms with Crippen molar-refractivity contribution in [2.45, 2.75) is 33.6 Å². The molecule has 1 aliphatic heterocycles. The van der Waals surface area contributed by atoms with Crippen molar-refractivity contribution in [1.29, 1.82) is 0 Å². The fraction of sp³-hybridized carbons (Fsp3) is 0.500. The van der Waals surface area contributed by atoms with Crippen LogP contribution in [0.2, 0.25) is 0 Å². The van der Waals surface area contributed by atoms with Gasteiger partial charge in [0.1, 0.15) is 5.82 Å². The number of amides is 1. The molecule has 0 atom stereocenters. The van der Waals surface area contributed by atoms with Gasteiger partial charge in [-0.05, 0) is 12.1 Å². The van der Waals surface area contributed by atoms with Gasteiger partial charge in [-0.15, -0.1) is 10.2 Å². The second kappa shape index (κ2) is 6.79. The lowest BCUT2D eigenvalue weighted by molar-refractivity contribution is -0.134. The summed E-state index contributed by atoms with van der Waals surface area (Å²) in [6.07, 6.45) is 0. The van der Waals surface area contributed by atoms with Crippen LogP contribution in [0.25, 0.3) is 16.6 Å². The zero-order chi connectivity index (χ0) is 19.1. The smallest absolute Gasteiger partial charge is 0.225 e. The Kier molecular flexibility index (Phi) is 4.45. The van der Waals surface area contributed by atoms with Gasteiger partial charge in [0, 0.05) is 43.4 Å². The first kappa shape index (κ1) is 17.7. The zero-order valence-electron chi connectivity index (χ0n) is 16.4. The third-order valence-electron chi connectivity index (χ3n) is 5.14. The lowest BCUT2D eigenvalue weighted by Gasteiger charge is -2.36. The molecule has 1 aromatic carbocycles. The molecule has 0 spiro atoms. The molecule has 4 rings (SSSR count). The molecule has 7 nitrogen and oxygen atoms in total. The fourth-order valence-electron chi connectivity index (χ4n) is 3.66. The SMILES string of the molecule is CC(C)C(=O)N1CCN(c2nc3ccccc3c3nnc(C(C)C)n23)CC1. The highest BCUT2D eigenvalue weighted by atomic mass is 16.2. The van der Waals surface area contributed by atoms with E-state index in [4.69, 9.17) is 4.98 Å². The van der Waals surface area contributed by atoms with E-state index in [1.54, 1.807) is 0 Å². The molecule has 2 aromatic heterocycles. The number of benzene rings is 1. The van der Waals surface area contributed by atoms with Gasteiger partial charge in [-0.2, -0.15) is 0 Å². The van der Waals surface area contributed by atoms with Crippen LogP contribution in [0.15, 0.2) is 24.3 Å². The lowest BCUT2D eigenvalue weighted by Crippen LogP contribution is -2.50. The Morgan fingerprint density at radius 1 is 1.00 bits per heavy atom. The molecule has 0 unspecified atom stereocenters. The molecule has 0 bridgehead atoms. The number of carbonyl (C=O) groups is 1. The van der Waals surface area contributed by atoms with Crippen LogP contribution in [0.3, 0.4) is 0 Å². The van der Waals surface area contributed by atoms with Gasteiger partial charge in [0.25, 0.3) is 0 Å². The normalized spacial score (nSPS) is 15.5. The molecule has 0 N–H and O–H groups in total. The second-order valence-corrected chi connectivity index (χ2v) is 7.77. The largest absolute Gasteiger partial charge is 0.339 e. The molecule has 0 aliphatic carbocycles. The van der Waals surface area contributed by atoms with Crippen molar-refractivity contribution in [1.82, 2.24) is 24.5 Å². The Morgan fingerprint density at radius 3 is 2.37 bits per heavy atom. The first-order chi connectivity index (χ1) is 13.0. The molecular formula is C20H26N6O. The van der Waals surface area contributed by atoms with E-state index in [9.17, 15) is 4.79 Å². The highest BCUT2D eigenvalue weighted by molar-refractivity contribution is 5.92. The van der Waals surface area contributed by atoms with Crippen LogP contribution in [-0.2, 0) is 4.79 Å². The Balaban J connectivity index is 1.77. The van der Waals surface area contributed by atoms with Gasteiger partial charge in [-0.3, -0.25) is 4.79 Å². The summed E-state index contributed by atoms with van der Waals surface area (Å²) >= 11 is 0. The second-order valence-electron chi connectivity index (χ2n) is 7.77. The minimum Gasteiger partial charge on any atom is -0.339 e. The van der Waals surface area contributed by atoms with Crippen molar-refractivity contribution in [3.05, 3.63) is 30.1 Å². The van der Waals surface area contributed by atoms with Crippen LogP contribution >= 0.6 is 0 Å². The number of hydrogen-bond donors (Lipinski definition) is 0. The molecule has 3 heterocycles. The molecule has 0 radical (unpaired) electrons. The van der Waals surface area contributed by atoms with Crippen LogP contribution < -0.4 is 4.90 Å². The summed E-state index contributed by atoms with van der Waals surface area (Å²) in [5.41, 5.74) is 1.77. The number of hydrogen-bond acceptors (Lipinski definition) is 5. The number of fused-ring (bicyclic) bond motifs is 3. The van der Waals surface area contributed by atoms with Crippen LogP contribution in [0, 0.1) is 5.92 Å². The molecule has 1 amide bonds. The minimum absolute atomic E-state index is 0.0347. The summed E-state index contributed by atoms with van der Waals surface area (Å²) in [6, 6.07) is 8.05. The molecule has 1 saturated heterocycles. The highest BCUT2D eigenvalue weighted by Gasteiger charge is 2.26. The van der Waals surface area contributed by atoms with Crippen LogP contribution in [0.5, 0.6) is 0 Å². The molecule has 1 aliphatic rings. The van der Waals surface area contributed by atoms with Crippen LogP contribution in [0.1, 0.15) is 39.4 Å². The van der Waals surface area contributed by atoms with Gasteiger partial charge >= 0.3 is 0 Å². The van der Waals surface area contributed by atoms with Crippen LogP contribution in [-0.4, -0.2) is 56.6 Å². The van der Waals surface area contributed by atoms with E-state index in [2.05, 4.69) is 33.3 Å². The predicted octanol–water partition coefficient (Wildman–Crippen LogP) is 2.71. The van der Waals surface area contributed by atoms with E-state index in [0.717, 1.165) is 41.4 Å². The summed E-state index contributed by atoms with van der Waals surface area (Å²) in [5.74, 6) is 2.28. The van der Waals surface area contributed by atoms with E-state index in [0.29, 0.717) is 13.1 Å². The standard InChI is InChI=1S/C20H26N6O/c1-13(2)17-22-23-18-15-7-5-6-8-16(15)21-20(26(17)18)25-11-9-24(10-12-25)19(27)14(3)4/h5-8,13-14H,9-12H2,1-4H3. The number of aromatic nitrogens is 4.